The lowest BCUT2D eigenvalue weighted by molar-refractivity contribution is -0.117. The molecule has 1 nitrogen and oxygen atoms in total. The molecule has 15 heavy (non-hydrogen) atoms. The highest BCUT2D eigenvalue weighted by atomic mass is 32.2. The Hall–Kier alpha value is 0.0200. The number of ketones is 1. The van der Waals surface area contributed by atoms with Crippen molar-refractivity contribution in [3.05, 3.63) is 0 Å². The van der Waals surface area contributed by atoms with Crippen LogP contribution in [-0.4, -0.2) is 16.8 Å². The number of hydrogen-bond donors (Lipinski definition) is 0. The summed E-state index contributed by atoms with van der Waals surface area (Å²) < 4.78 is 0. The minimum Gasteiger partial charge on any atom is -0.299 e. The van der Waals surface area contributed by atoms with Gasteiger partial charge in [-0.05, 0) is 42.3 Å². The van der Waals surface area contributed by atoms with E-state index >= 15 is 0 Å². The van der Waals surface area contributed by atoms with E-state index in [-0.39, 0.29) is 0 Å². The van der Waals surface area contributed by atoms with E-state index in [0.29, 0.717) is 11.0 Å². The summed E-state index contributed by atoms with van der Waals surface area (Å²) in [6.45, 7) is 4.32. The van der Waals surface area contributed by atoms with Gasteiger partial charge in [0.1, 0.15) is 5.78 Å². The van der Waals surface area contributed by atoms with Crippen LogP contribution in [0, 0.1) is 17.8 Å². The molecular weight excluding hydrogens is 204 g/mol. The first-order valence-corrected chi connectivity index (χ1v) is 7.33. The predicted octanol–water partition coefficient (Wildman–Crippen LogP) is 3.52. The minimum absolute atomic E-state index is 0.492. The predicted molar refractivity (Wildman–Crippen MR) is 66.2 cm³/mol. The highest BCUT2D eigenvalue weighted by molar-refractivity contribution is 8.00. The zero-order valence-corrected chi connectivity index (χ0v) is 10.7. The van der Waals surface area contributed by atoms with Crippen LogP contribution in [0.1, 0.15) is 46.0 Å². The van der Waals surface area contributed by atoms with Crippen molar-refractivity contribution >= 4 is 17.5 Å². The van der Waals surface area contributed by atoms with Crippen LogP contribution in [0.25, 0.3) is 0 Å². The van der Waals surface area contributed by atoms with E-state index in [1.807, 2.05) is 0 Å². The fraction of sp³-hybridized carbons (Fsp3) is 0.923. The van der Waals surface area contributed by atoms with Gasteiger partial charge in [-0.15, -0.1) is 0 Å². The Morgan fingerprint density at radius 3 is 2.67 bits per heavy atom. The quantitative estimate of drug-likeness (QED) is 0.713. The molecule has 2 saturated carbocycles. The molecule has 0 spiro atoms. The van der Waals surface area contributed by atoms with Gasteiger partial charge in [0.25, 0.3) is 0 Å². The Bertz CT molecular complexity index is 237. The Morgan fingerprint density at radius 1 is 1.33 bits per heavy atom. The van der Waals surface area contributed by atoms with E-state index in [1.165, 1.54) is 25.7 Å². The summed E-state index contributed by atoms with van der Waals surface area (Å²) in [5.41, 5.74) is 0. The van der Waals surface area contributed by atoms with E-state index in [0.717, 1.165) is 29.9 Å². The Labute approximate surface area is 97.4 Å². The van der Waals surface area contributed by atoms with Crippen LogP contribution in [0.3, 0.4) is 0 Å². The summed E-state index contributed by atoms with van der Waals surface area (Å²) in [5, 5.41) is 0.592. The van der Waals surface area contributed by atoms with Gasteiger partial charge in [0.15, 0.2) is 0 Å². The van der Waals surface area contributed by atoms with Gasteiger partial charge in [-0.25, -0.2) is 0 Å². The molecule has 0 aromatic heterocycles. The molecule has 0 aliphatic heterocycles. The standard InChI is InChI=1S/C13H22OS/c1-9(2)15-8-13(14)7-12-6-10-3-4-11(12)5-10/h9-12H,3-8H2,1-2H3. The zero-order chi connectivity index (χ0) is 10.8. The molecule has 0 aromatic rings. The van der Waals surface area contributed by atoms with Crippen molar-refractivity contribution in [3.63, 3.8) is 0 Å². The molecule has 0 amide bonds. The van der Waals surface area contributed by atoms with Crippen LogP contribution in [-0.2, 0) is 4.79 Å². The molecule has 3 atom stereocenters. The molecule has 86 valence electrons. The molecule has 0 N–H and O–H groups in total. The first-order valence-electron chi connectivity index (χ1n) is 6.28. The van der Waals surface area contributed by atoms with Gasteiger partial charge in [0.2, 0.25) is 0 Å². The molecule has 0 radical (unpaired) electrons. The molecular formula is C13H22OS. The molecule has 2 fully saturated rings. The van der Waals surface area contributed by atoms with Crippen molar-refractivity contribution < 1.29 is 4.79 Å². The topological polar surface area (TPSA) is 17.1 Å². The van der Waals surface area contributed by atoms with Crippen LogP contribution in [0.4, 0.5) is 0 Å². The second-order valence-electron chi connectivity index (χ2n) is 5.54. The highest BCUT2D eigenvalue weighted by Gasteiger charge is 2.39. The lowest BCUT2D eigenvalue weighted by atomic mass is 9.85. The van der Waals surface area contributed by atoms with Gasteiger partial charge < -0.3 is 0 Å². The fourth-order valence-corrected chi connectivity index (χ4v) is 3.87. The SMILES string of the molecule is CC(C)SCC(=O)CC1CC2CCC1C2. The zero-order valence-electron chi connectivity index (χ0n) is 9.87. The molecule has 0 heterocycles. The third kappa shape index (κ3) is 2.99. The number of rotatable bonds is 5. The third-order valence-corrected chi connectivity index (χ3v) is 5.11. The molecule has 2 aliphatic carbocycles. The van der Waals surface area contributed by atoms with Crippen molar-refractivity contribution in [2.45, 2.75) is 51.2 Å². The largest absolute Gasteiger partial charge is 0.299 e. The Balaban J connectivity index is 1.71. The summed E-state index contributed by atoms with van der Waals surface area (Å²) in [7, 11) is 0. The highest BCUT2D eigenvalue weighted by Crippen LogP contribution is 2.49. The molecule has 2 rings (SSSR count). The lowest BCUT2D eigenvalue weighted by Gasteiger charge is -2.20. The molecule has 2 aliphatic rings. The van der Waals surface area contributed by atoms with Crippen molar-refractivity contribution in [2.75, 3.05) is 5.75 Å². The summed E-state index contributed by atoms with van der Waals surface area (Å²) in [4.78, 5) is 11.8. The second-order valence-corrected chi connectivity index (χ2v) is 7.10. The molecule has 2 bridgehead atoms. The lowest BCUT2D eigenvalue weighted by Crippen LogP contribution is -2.16. The number of carbonyl (C=O) groups is 1. The maximum Gasteiger partial charge on any atom is 0.143 e. The van der Waals surface area contributed by atoms with Crippen LogP contribution in [0.2, 0.25) is 0 Å². The number of fused-ring (bicyclic) bond motifs is 2. The molecule has 0 saturated heterocycles. The number of carbonyl (C=O) groups excluding carboxylic acids is 1. The molecule has 0 aromatic carbocycles. The minimum atomic E-state index is 0.492. The summed E-state index contributed by atoms with van der Waals surface area (Å²) in [5.74, 6) is 3.87. The van der Waals surface area contributed by atoms with Crippen molar-refractivity contribution in [3.8, 4) is 0 Å². The van der Waals surface area contributed by atoms with Crippen LogP contribution >= 0.6 is 11.8 Å². The molecule has 2 heteroatoms. The third-order valence-electron chi connectivity index (χ3n) is 3.95. The van der Waals surface area contributed by atoms with Crippen molar-refractivity contribution in [1.82, 2.24) is 0 Å². The average Bonchev–Trinajstić information content (AvgIpc) is 2.76. The maximum atomic E-state index is 11.8. The van der Waals surface area contributed by atoms with E-state index < -0.39 is 0 Å². The van der Waals surface area contributed by atoms with Gasteiger partial charge in [-0.2, -0.15) is 11.8 Å². The molecule has 3 unspecified atom stereocenters. The number of hydrogen-bond acceptors (Lipinski definition) is 2. The van der Waals surface area contributed by atoms with E-state index in [4.69, 9.17) is 0 Å². The van der Waals surface area contributed by atoms with Gasteiger partial charge in [0.05, 0.1) is 5.75 Å². The van der Waals surface area contributed by atoms with Gasteiger partial charge in [0, 0.05) is 6.42 Å². The first kappa shape index (κ1) is 11.5. The monoisotopic (exact) mass is 226 g/mol. The van der Waals surface area contributed by atoms with E-state index in [1.54, 1.807) is 11.8 Å². The number of thioether (sulfide) groups is 1. The average molecular weight is 226 g/mol. The van der Waals surface area contributed by atoms with Crippen LogP contribution in [0.15, 0.2) is 0 Å². The van der Waals surface area contributed by atoms with Crippen LogP contribution < -0.4 is 0 Å². The normalized spacial score (nSPS) is 33.9. The van der Waals surface area contributed by atoms with Gasteiger partial charge >= 0.3 is 0 Å². The maximum absolute atomic E-state index is 11.8. The van der Waals surface area contributed by atoms with E-state index in [2.05, 4.69) is 13.8 Å². The summed E-state index contributed by atoms with van der Waals surface area (Å²) in [6.07, 6.45) is 6.49. The Morgan fingerprint density at radius 2 is 2.13 bits per heavy atom. The van der Waals surface area contributed by atoms with Gasteiger partial charge in [-0.1, -0.05) is 20.3 Å². The Kier molecular flexibility index (Phi) is 3.76. The van der Waals surface area contributed by atoms with Crippen molar-refractivity contribution in [1.29, 1.82) is 0 Å². The second kappa shape index (κ2) is 4.90. The first-order chi connectivity index (χ1) is 7.15. The summed E-state index contributed by atoms with van der Waals surface area (Å²) >= 11 is 1.79. The fourth-order valence-electron chi connectivity index (χ4n) is 3.24. The van der Waals surface area contributed by atoms with E-state index in [9.17, 15) is 4.79 Å². The van der Waals surface area contributed by atoms with Gasteiger partial charge in [-0.3, -0.25) is 4.79 Å². The number of Topliss-reactive ketones (excluding diaryl/α,β-unsaturated/α-hetero) is 1. The van der Waals surface area contributed by atoms with Crippen molar-refractivity contribution in [2.24, 2.45) is 17.8 Å². The smallest absolute Gasteiger partial charge is 0.143 e. The van der Waals surface area contributed by atoms with Crippen LogP contribution in [0.5, 0.6) is 0 Å². The summed E-state index contributed by atoms with van der Waals surface area (Å²) in [6, 6.07) is 0.